The van der Waals surface area contributed by atoms with E-state index in [1.165, 1.54) is 0 Å². The summed E-state index contributed by atoms with van der Waals surface area (Å²) in [5, 5.41) is 8.57. The van der Waals surface area contributed by atoms with E-state index in [1.54, 1.807) is 0 Å². The average Bonchev–Trinajstić information content (AvgIpc) is 2.37. The number of hydrogen-bond donors (Lipinski definition) is 0. The molecule has 0 aromatic heterocycles. The van der Waals surface area contributed by atoms with Gasteiger partial charge in [0, 0.05) is 0 Å². The SMILES string of the molecule is Br[Te](Br)(Br)c1ccccc1N=Nc1ccccc1. The molecule has 0 atom stereocenters. The average molecular weight is 549 g/mol. The second kappa shape index (κ2) is 6.62. The van der Waals surface area contributed by atoms with Crippen molar-refractivity contribution < 1.29 is 0 Å². The molecule has 2 aromatic carbocycles. The van der Waals surface area contributed by atoms with Crippen LogP contribution in [0.2, 0.25) is 0 Å². The number of benzene rings is 2. The van der Waals surface area contributed by atoms with Crippen molar-refractivity contribution in [2.45, 2.75) is 0 Å². The van der Waals surface area contributed by atoms with Crippen LogP contribution >= 0.6 is 38.3 Å². The third kappa shape index (κ3) is 4.14. The van der Waals surface area contributed by atoms with Crippen LogP contribution in [0.5, 0.6) is 0 Å². The Hall–Kier alpha value is 0.270. The van der Waals surface area contributed by atoms with Gasteiger partial charge in [-0.25, -0.2) is 0 Å². The zero-order valence-corrected chi connectivity index (χ0v) is 16.2. The summed E-state index contributed by atoms with van der Waals surface area (Å²) in [6, 6.07) is 17.7. The van der Waals surface area contributed by atoms with Crippen LogP contribution in [0.15, 0.2) is 64.8 Å². The number of rotatable bonds is 3. The minimum atomic E-state index is -2.46. The molecule has 0 radical (unpaired) electrons. The first kappa shape index (κ1) is 14.7. The Morgan fingerprint density at radius 3 is 2.00 bits per heavy atom. The predicted octanol–water partition coefficient (Wildman–Crippen LogP) is 5.43. The molecule has 0 aliphatic rings. The third-order valence-corrected chi connectivity index (χ3v) is 11.6. The normalized spacial score (nSPS) is 12.8. The summed E-state index contributed by atoms with van der Waals surface area (Å²) in [6.45, 7) is 0. The fourth-order valence-corrected chi connectivity index (χ4v) is 8.50. The monoisotopic (exact) mass is 548 g/mol. The fourth-order valence-electron chi connectivity index (χ4n) is 1.34. The molecule has 6 heteroatoms. The fraction of sp³-hybridized carbons (Fsp3) is 0. The van der Waals surface area contributed by atoms with Crippen molar-refractivity contribution in [3.8, 4) is 0 Å². The summed E-state index contributed by atoms with van der Waals surface area (Å²) in [7, 11) is 0. The number of azo groups is 1. The van der Waals surface area contributed by atoms with Crippen molar-refractivity contribution in [3.63, 3.8) is 0 Å². The van der Waals surface area contributed by atoms with Gasteiger partial charge in [-0.05, 0) is 0 Å². The molecule has 0 heterocycles. The van der Waals surface area contributed by atoms with Crippen molar-refractivity contribution in [2.24, 2.45) is 10.2 Å². The van der Waals surface area contributed by atoms with E-state index in [-0.39, 0.29) is 0 Å². The summed E-state index contributed by atoms with van der Waals surface area (Å²) >= 11 is 8.59. The molecule has 0 unspecified atom stereocenters. The molecular weight excluding hydrogens is 539 g/mol. The Labute approximate surface area is 128 Å². The van der Waals surface area contributed by atoms with E-state index in [2.05, 4.69) is 54.6 Å². The van der Waals surface area contributed by atoms with Crippen molar-refractivity contribution in [3.05, 3.63) is 54.6 Å². The molecule has 0 spiro atoms. The van der Waals surface area contributed by atoms with E-state index in [1.807, 2.05) is 48.5 Å². The summed E-state index contributed by atoms with van der Waals surface area (Å²) in [6.07, 6.45) is 0. The van der Waals surface area contributed by atoms with Gasteiger partial charge in [-0.2, -0.15) is 0 Å². The first-order valence-corrected chi connectivity index (χ1v) is 21.9. The van der Waals surface area contributed by atoms with E-state index in [0.29, 0.717) is 0 Å². The Kier molecular flexibility index (Phi) is 5.40. The molecule has 2 nitrogen and oxygen atoms in total. The van der Waals surface area contributed by atoms with Gasteiger partial charge in [0.15, 0.2) is 0 Å². The molecule has 2 aromatic rings. The van der Waals surface area contributed by atoms with Gasteiger partial charge in [0.25, 0.3) is 0 Å². The molecule has 0 fully saturated rings. The van der Waals surface area contributed by atoms with E-state index >= 15 is 0 Å². The van der Waals surface area contributed by atoms with E-state index in [0.717, 1.165) is 15.0 Å². The number of halogens is 3. The van der Waals surface area contributed by atoms with Crippen molar-refractivity contribution in [2.75, 3.05) is 0 Å². The molecule has 2 rings (SSSR count). The zero-order valence-electron chi connectivity index (χ0n) is 9.13. The van der Waals surface area contributed by atoms with Crippen molar-refractivity contribution in [1.82, 2.24) is 0 Å². The molecular formula is C12H9Br3N2Te. The molecule has 0 saturated carbocycles. The van der Waals surface area contributed by atoms with Gasteiger partial charge in [0.05, 0.1) is 0 Å². The van der Waals surface area contributed by atoms with Crippen LogP contribution in [-0.4, -0.2) is 11.6 Å². The van der Waals surface area contributed by atoms with Gasteiger partial charge in [-0.15, -0.1) is 0 Å². The van der Waals surface area contributed by atoms with Gasteiger partial charge in [0.1, 0.15) is 0 Å². The van der Waals surface area contributed by atoms with Crippen molar-refractivity contribution >= 4 is 64.8 Å². The summed E-state index contributed by atoms with van der Waals surface area (Å²) in [5.41, 5.74) is 1.73. The molecule has 18 heavy (non-hydrogen) atoms. The van der Waals surface area contributed by atoms with Crippen LogP contribution in [-0.2, 0) is 0 Å². The molecule has 0 amide bonds. The number of nitrogens with zero attached hydrogens (tertiary/aromatic N) is 2. The van der Waals surface area contributed by atoms with Crippen LogP contribution < -0.4 is 3.61 Å². The Morgan fingerprint density at radius 1 is 0.722 bits per heavy atom. The molecule has 0 aliphatic heterocycles. The molecule has 0 aliphatic carbocycles. The summed E-state index contributed by atoms with van der Waals surface area (Å²) in [4.78, 5) is 0. The molecule has 0 saturated heterocycles. The zero-order chi connectivity index (χ0) is 13.0. The van der Waals surface area contributed by atoms with Crippen molar-refractivity contribution in [1.29, 1.82) is 0 Å². The molecule has 0 N–H and O–H groups in total. The first-order chi connectivity index (χ1) is 8.57. The van der Waals surface area contributed by atoms with Crippen LogP contribution in [0, 0.1) is 0 Å². The predicted molar refractivity (Wildman–Crippen MR) is 89.2 cm³/mol. The van der Waals surface area contributed by atoms with Crippen LogP contribution in [0.4, 0.5) is 11.4 Å². The first-order valence-electron chi connectivity index (χ1n) is 5.05. The Balaban J connectivity index is 2.33. The topological polar surface area (TPSA) is 24.7 Å². The molecule has 0 bridgehead atoms. The summed E-state index contributed by atoms with van der Waals surface area (Å²) in [5.74, 6) is 0. The third-order valence-electron chi connectivity index (χ3n) is 2.14. The van der Waals surface area contributed by atoms with Gasteiger partial charge in [-0.1, -0.05) is 0 Å². The second-order valence-electron chi connectivity index (χ2n) is 3.41. The van der Waals surface area contributed by atoms with E-state index < -0.39 is 11.6 Å². The van der Waals surface area contributed by atoms with Gasteiger partial charge in [0.2, 0.25) is 0 Å². The van der Waals surface area contributed by atoms with Gasteiger partial charge >= 0.3 is 130 Å². The van der Waals surface area contributed by atoms with Crippen LogP contribution in [0.25, 0.3) is 0 Å². The Morgan fingerprint density at radius 2 is 1.33 bits per heavy atom. The van der Waals surface area contributed by atoms with E-state index in [4.69, 9.17) is 0 Å². The van der Waals surface area contributed by atoms with E-state index in [9.17, 15) is 0 Å². The maximum atomic E-state index is 4.33. The minimum absolute atomic E-state index is 0.851. The maximum absolute atomic E-state index is 4.33. The Bertz CT molecular complexity index is 553. The van der Waals surface area contributed by atoms with Crippen LogP contribution in [0.3, 0.4) is 0 Å². The second-order valence-corrected chi connectivity index (χ2v) is 44.0. The standard InChI is InChI=1S/C12H9Br3N2Te/c13-18(14,15)12-9-5-4-8-11(12)17-16-10-6-2-1-3-7-10/h1-9H. The van der Waals surface area contributed by atoms with Crippen LogP contribution in [0.1, 0.15) is 0 Å². The quantitative estimate of drug-likeness (QED) is 0.361. The summed E-state index contributed by atoms with van der Waals surface area (Å²) < 4.78 is 1.15. The van der Waals surface area contributed by atoms with Gasteiger partial charge < -0.3 is 0 Å². The molecule has 94 valence electrons. The number of hydrogen-bond acceptors (Lipinski definition) is 2. The van der Waals surface area contributed by atoms with Gasteiger partial charge in [-0.3, -0.25) is 0 Å².